The predicted octanol–water partition coefficient (Wildman–Crippen LogP) is 3.75. The summed E-state index contributed by atoms with van der Waals surface area (Å²) in [5.41, 5.74) is -2.66. The third-order valence-corrected chi connectivity index (χ3v) is 7.05. The SMILES string of the molecule is CCOC(=O)C(C)(c1cccc(OC(F)(F)F)c1)c1nc2c(c(=O)n(CCCO)c(=O)n2C)n1Cc1ccc(Cl)cc1. The number of hydrogen-bond acceptors (Lipinski definition) is 7. The fraction of sp³-hybridized carbons (Fsp3) is 0.357. The molecule has 1 unspecified atom stereocenters. The number of hydrogen-bond donors (Lipinski definition) is 1. The van der Waals surface area contributed by atoms with E-state index < -0.39 is 34.7 Å². The highest BCUT2D eigenvalue weighted by Crippen LogP contribution is 2.37. The van der Waals surface area contributed by atoms with Crippen LogP contribution in [0.25, 0.3) is 11.2 Å². The predicted molar refractivity (Wildman–Crippen MR) is 148 cm³/mol. The Labute approximate surface area is 242 Å². The van der Waals surface area contributed by atoms with E-state index in [0.29, 0.717) is 10.6 Å². The lowest BCUT2D eigenvalue weighted by Gasteiger charge is -2.28. The summed E-state index contributed by atoms with van der Waals surface area (Å²) in [7, 11) is 1.41. The summed E-state index contributed by atoms with van der Waals surface area (Å²) in [4.78, 5) is 45.2. The van der Waals surface area contributed by atoms with Crippen molar-refractivity contribution in [3.63, 3.8) is 0 Å². The van der Waals surface area contributed by atoms with Gasteiger partial charge in [-0.15, -0.1) is 13.2 Å². The Hall–Kier alpha value is -4.10. The quantitative estimate of drug-likeness (QED) is 0.273. The minimum absolute atomic E-state index is 0.0236. The molecule has 0 fully saturated rings. The average molecular weight is 609 g/mol. The molecule has 0 bridgehead atoms. The van der Waals surface area contributed by atoms with Crippen molar-refractivity contribution in [1.82, 2.24) is 18.7 Å². The number of carbonyl (C=O) groups excluding carboxylic acids is 1. The second-order valence-electron chi connectivity index (χ2n) is 9.62. The van der Waals surface area contributed by atoms with Crippen LogP contribution in [-0.4, -0.2) is 49.3 Å². The number of esters is 1. The Balaban J connectivity index is 2.09. The van der Waals surface area contributed by atoms with Crippen molar-refractivity contribution in [1.29, 1.82) is 0 Å². The second kappa shape index (κ2) is 12.0. The molecule has 0 radical (unpaired) electrons. The lowest BCUT2D eigenvalue weighted by atomic mass is 9.81. The highest BCUT2D eigenvalue weighted by Gasteiger charge is 2.45. The molecule has 4 rings (SSSR count). The van der Waals surface area contributed by atoms with E-state index in [1.54, 1.807) is 31.2 Å². The van der Waals surface area contributed by atoms with Crippen LogP contribution in [-0.2, 0) is 35.1 Å². The molecule has 14 heteroatoms. The molecular weight excluding hydrogens is 581 g/mol. The number of benzene rings is 2. The van der Waals surface area contributed by atoms with E-state index in [-0.39, 0.29) is 55.3 Å². The normalized spacial score (nSPS) is 13.2. The number of aryl methyl sites for hydroxylation is 1. The molecule has 0 spiro atoms. The van der Waals surface area contributed by atoms with Crippen LogP contribution in [0.4, 0.5) is 13.2 Å². The number of fused-ring (bicyclic) bond motifs is 1. The Morgan fingerprint density at radius 1 is 1.10 bits per heavy atom. The van der Waals surface area contributed by atoms with Crippen LogP contribution >= 0.6 is 11.6 Å². The molecule has 0 aliphatic rings. The molecule has 224 valence electrons. The van der Waals surface area contributed by atoms with Crippen molar-refractivity contribution < 1.29 is 32.5 Å². The summed E-state index contributed by atoms with van der Waals surface area (Å²) in [6, 6.07) is 11.5. The van der Waals surface area contributed by atoms with E-state index >= 15 is 0 Å². The van der Waals surface area contributed by atoms with Crippen molar-refractivity contribution in [2.24, 2.45) is 7.05 Å². The van der Waals surface area contributed by atoms with E-state index in [1.807, 2.05) is 0 Å². The number of carbonyl (C=O) groups is 1. The molecule has 0 aliphatic heterocycles. The minimum Gasteiger partial charge on any atom is -0.465 e. The molecule has 0 aliphatic carbocycles. The van der Waals surface area contributed by atoms with Gasteiger partial charge in [0.2, 0.25) is 0 Å². The van der Waals surface area contributed by atoms with Crippen molar-refractivity contribution in [3.8, 4) is 5.75 Å². The molecular formula is C28H28ClF3N4O6. The molecule has 0 amide bonds. The first-order chi connectivity index (χ1) is 19.8. The van der Waals surface area contributed by atoms with Gasteiger partial charge in [0.1, 0.15) is 17.0 Å². The second-order valence-corrected chi connectivity index (χ2v) is 10.1. The van der Waals surface area contributed by atoms with Gasteiger partial charge >= 0.3 is 18.0 Å². The minimum atomic E-state index is -4.99. The van der Waals surface area contributed by atoms with Crippen LogP contribution < -0.4 is 16.0 Å². The first-order valence-electron chi connectivity index (χ1n) is 12.9. The maximum absolute atomic E-state index is 13.8. The molecule has 0 saturated carbocycles. The largest absolute Gasteiger partial charge is 0.573 e. The van der Waals surface area contributed by atoms with Crippen LogP contribution in [0.3, 0.4) is 0 Å². The Morgan fingerprint density at radius 2 is 1.79 bits per heavy atom. The van der Waals surface area contributed by atoms with E-state index in [0.717, 1.165) is 21.3 Å². The van der Waals surface area contributed by atoms with Gasteiger partial charge in [0.25, 0.3) is 5.56 Å². The van der Waals surface area contributed by atoms with Gasteiger partial charge in [0, 0.05) is 31.8 Å². The zero-order chi connectivity index (χ0) is 30.8. The maximum Gasteiger partial charge on any atom is 0.573 e. The molecule has 10 nitrogen and oxygen atoms in total. The van der Waals surface area contributed by atoms with Gasteiger partial charge in [0.05, 0.1) is 6.61 Å². The number of aromatic nitrogens is 4. The maximum atomic E-state index is 13.8. The van der Waals surface area contributed by atoms with Gasteiger partial charge in [-0.3, -0.25) is 18.7 Å². The fourth-order valence-electron chi connectivity index (χ4n) is 4.72. The molecule has 1 atom stereocenters. The molecule has 1 N–H and O–H groups in total. The summed E-state index contributed by atoms with van der Waals surface area (Å²) in [6.07, 6.45) is -4.86. The third kappa shape index (κ3) is 5.93. The molecule has 0 saturated heterocycles. The molecule has 2 aromatic carbocycles. The summed E-state index contributed by atoms with van der Waals surface area (Å²) in [6.45, 7) is 2.56. The fourth-order valence-corrected chi connectivity index (χ4v) is 4.85. The number of nitrogens with zero attached hydrogens (tertiary/aromatic N) is 4. The van der Waals surface area contributed by atoms with E-state index in [9.17, 15) is 32.7 Å². The third-order valence-electron chi connectivity index (χ3n) is 6.80. The Kier molecular flexibility index (Phi) is 8.83. The zero-order valence-corrected chi connectivity index (χ0v) is 23.7. The van der Waals surface area contributed by atoms with Crippen LogP contribution in [0.1, 0.15) is 37.2 Å². The van der Waals surface area contributed by atoms with E-state index in [4.69, 9.17) is 16.3 Å². The van der Waals surface area contributed by atoms with Crippen LogP contribution in [0.2, 0.25) is 5.02 Å². The number of aliphatic hydroxyl groups excluding tert-OH is 1. The van der Waals surface area contributed by atoms with Crippen LogP contribution in [0.5, 0.6) is 5.75 Å². The van der Waals surface area contributed by atoms with Gasteiger partial charge in [-0.2, -0.15) is 0 Å². The van der Waals surface area contributed by atoms with Crippen molar-refractivity contribution in [2.75, 3.05) is 13.2 Å². The lowest BCUT2D eigenvalue weighted by molar-refractivity contribution is -0.274. The van der Waals surface area contributed by atoms with Gasteiger partial charge < -0.3 is 19.1 Å². The van der Waals surface area contributed by atoms with Crippen LogP contribution in [0.15, 0.2) is 58.1 Å². The topological polar surface area (TPSA) is 118 Å². The number of alkyl halides is 3. The van der Waals surface area contributed by atoms with Gasteiger partial charge in [-0.1, -0.05) is 35.9 Å². The number of aliphatic hydroxyl groups is 1. The van der Waals surface area contributed by atoms with Crippen LogP contribution in [0, 0.1) is 0 Å². The van der Waals surface area contributed by atoms with Gasteiger partial charge in [-0.25, -0.2) is 9.78 Å². The first-order valence-corrected chi connectivity index (χ1v) is 13.3. The molecule has 42 heavy (non-hydrogen) atoms. The summed E-state index contributed by atoms with van der Waals surface area (Å²) < 4.78 is 52.3. The highest BCUT2D eigenvalue weighted by molar-refractivity contribution is 6.30. The lowest BCUT2D eigenvalue weighted by Crippen LogP contribution is -2.40. The monoisotopic (exact) mass is 608 g/mol. The summed E-state index contributed by atoms with van der Waals surface area (Å²) in [5, 5.41) is 9.78. The molecule has 2 aromatic heterocycles. The molecule has 2 heterocycles. The van der Waals surface area contributed by atoms with Gasteiger partial charge in [0.15, 0.2) is 11.2 Å². The van der Waals surface area contributed by atoms with E-state index in [1.165, 1.54) is 30.7 Å². The van der Waals surface area contributed by atoms with Gasteiger partial charge in [-0.05, 0) is 55.7 Å². The Morgan fingerprint density at radius 3 is 2.40 bits per heavy atom. The van der Waals surface area contributed by atoms with Crippen molar-refractivity contribution in [3.05, 3.63) is 91.3 Å². The number of rotatable bonds is 10. The Bertz CT molecular complexity index is 1730. The first kappa shape index (κ1) is 30.8. The number of halogens is 4. The number of imidazole rings is 1. The average Bonchev–Trinajstić information content (AvgIpc) is 3.31. The summed E-state index contributed by atoms with van der Waals surface area (Å²) >= 11 is 6.06. The zero-order valence-electron chi connectivity index (χ0n) is 22.9. The standard InChI is InChI=1S/C28H28ClF3N4O6/c1-4-41-25(39)27(2,18-7-5-8-20(15-18)42-28(30,31)32)24-33-22-21(36(24)16-17-9-11-19(29)12-10-17)23(38)35(13-6-14-37)26(40)34(22)3/h5,7-12,15,37H,4,6,13-14,16H2,1-3H3. The van der Waals surface area contributed by atoms with Crippen molar-refractivity contribution in [2.45, 2.75) is 45.1 Å². The van der Waals surface area contributed by atoms with Crippen molar-refractivity contribution >= 4 is 28.7 Å². The molecule has 4 aromatic rings. The summed E-state index contributed by atoms with van der Waals surface area (Å²) in [5.74, 6) is -1.48. The number of ether oxygens (including phenoxy) is 2. The smallest absolute Gasteiger partial charge is 0.465 e. The van der Waals surface area contributed by atoms with E-state index in [2.05, 4.69) is 9.72 Å². The highest BCUT2D eigenvalue weighted by atomic mass is 35.5.